The van der Waals surface area contributed by atoms with Crippen molar-refractivity contribution in [3.05, 3.63) is 42.1 Å². The summed E-state index contributed by atoms with van der Waals surface area (Å²) in [5.74, 6) is 0.0427. The van der Waals surface area contributed by atoms with Crippen LogP contribution in [-0.4, -0.2) is 21.3 Å². The summed E-state index contributed by atoms with van der Waals surface area (Å²) in [6.07, 6.45) is 0.224. The maximum Gasteiger partial charge on any atom is 0.102 e. The SMILES string of the molecule is CC1(C)CC(C(O)c2ccc3ccccc3n2)C(C)(C)O1. The van der Waals surface area contributed by atoms with Gasteiger partial charge in [0.1, 0.15) is 6.10 Å². The third kappa shape index (κ3) is 2.68. The Morgan fingerprint density at radius 1 is 1.14 bits per heavy atom. The van der Waals surface area contributed by atoms with E-state index in [9.17, 15) is 5.11 Å². The average molecular weight is 285 g/mol. The van der Waals surface area contributed by atoms with Gasteiger partial charge in [0.05, 0.1) is 22.4 Å². The van der Waals surface area contributed by atoms with Gasteiger partial charge >= 0.3 is 0 Å². The minimum Gasteiger partial charge on any atom is -0.386 e. The quantitative estimate of drug-likeness (QED) is 0.911. The molecule has 1 aliphatic heterocycles. The number of rotatable bonds is 2. The van der Waals surface area contributed by atoms with Gasteiger partial charge in [-0.1, -0.05) is 24.3 Å². The number of hydrogen-bond donors (Lipinski definition) is 1. The highest BCUT2D eigenvalue weighted by molar-refractivity contribution is 5.78. The summed E-state index contributed by atoms with van der Waals surface area (Å²) in [6.45, 7) is 8.26. The fourth-order valence-electron chi connectivity index (χ4n) is 3.55. The Morgan fingerprint density at radius 3 is 2.52 bits per heavy atom. The second kappa shape index (κ2) is 4.79. The van der Waals surface area contributed by atoms with Crippen molar-refractivity contribution >= 4 is 10.9 Å². The van der Waals surface area contributed by atoms with Crippen LogP contribution in [0, 0.1) is 5.92 Å². The molecule has 0 aliphatic carbocycles. The molecule has 0 bridgehead atoms. The van der Waals surface area contributed by atoms with Gasteiger partial charge in [0.25, 0.3) is 0 Å². The van der Waals surface area contributed by atoms with Crippen molar-refractivity contribution in [2.75, 3.05) is 0 Å². The molecule has 2 unspecified atom stereocenters. The molecule has 21 heavy (non-hydrogen) atoms. The number of benzene rings is 1. The van der Waals surface area contributed by atoms with Crippen molar-refractivity contribution in [2.24, 2.45) is 5.92 Å². The second-order valence-corrected chi connectivity index (χ2v) is 7.15. The van der Waals surface area contributed by atoms with Gasteiger partial charge in [-0.15, -0.1) is 0 Å². The third-order valence-corrected chi connectivity index (χ3v) is 4.45. The van der Waals surface area contributed by atoms with E-state index in [0.29, 0.717) is 0 Å². The molecule has 0 spiro atoms. The molecule has 112 valence electrons. The molecule has 2 atom stereocenters. The zero-order valence-corrected chi connectivity index (χ0v) is 13.1. The van der Waals surface area contributed by atoms with Crippen LogP contribution in [0.1, 0.15) is 45.9 Å². The smallest absolute Gasteiger partial charge is 0.102 e. The predicted octanol–water partition coefficient (Wildman–Crippen LogP) is 3.86. The molecule has 3 heteroatoms. The van der Waals surface area contributed by atoms with E-state index in [1.54, 1.807) is 0 Å². The van der Waals surface area contributed by atoms with E-state index in [0.717, 1.165) is 23.0 Å². The molecule has 0 amide bonds. The van der Waals surface area contributed by atoms with Crippen LogP contribution in [-0.2, 0) is 4.74 Å². The summed E-state index contributed by atoms with van der Waals surface area (Å²) in [7, 11) is 0. The van der Waals surface area contributed by atoms with Crippen molar-refractivity contribution in [1.29, 1.82) is 0 Å². The van der Waals surface area contributed by atoms with E-state index in [1.165, 1.54) is 0 Å². The predicted molar refractivity (Wildman–Crippen MR) is 84.1 cm³/mol. The van der Waals surface area contributed by atoms with Crippen LogP contribution in [0.4, 0.5) is 0 Å². The number of aliphatic hydroxyl groups is 1. The Morgan fingerprint density at radius 2 is 1.86 bits per heavy atom. The van der Waals surface area contributed by atoms with Crippen molar-refractivity contribution < 1.29 is 9.84 Å². The van der Waals surface area contributed by atoms with Gasteiger partial charge in [0.2, 0.25) is 0 Å². The molecule has 1 saturated heterocycles. The molecule has 1 N–H and O–H groups in total. The molecule has 2 aromatic rings. The van der Waals surface area contributed by atoms with E-state index >= 15 is 0 Å². The van der Waals surface area contributed by atoms with Gasteiger partial charge in [0.15, 0.2) is 0 Å². The number of hydrogen-bond acceptors (Lipinski definition) is 3. The van der Waals surface area contributed by atoms with E-state index in [-0.39, 0.29) is 17.1 Å². The Kier molecular flexibility index (Phi) is 3.30. The normalized spacial score (nSPS) is 25.1. The van der Waals surface area contributed by atoms with Gasteiger partial charge in [-0.2, -0.15) is 0 Å². The van der Waals surface area contributed by atoms with E-state index in [4.69, 9.17) is 4.74 Å². The average Bonchev–Trinajstić information content (AvgIpc) is 2.65. The number of pyridine rings is 1. The first-order chi connectivity index (χ1) is 9.78. The van der Waals surface area contributed by atoms with Crippen molar-refractivity contribution in [3.8, 4) is 0 Å². The second-order valence-electron chi connectivity index (χ2n) is 7.15. The number of aromatic nitrogens is 1. The van der Waals surface area contributed by atoms with Crippen LogP contribution in [0.2, 0.25) is 0 Å². The monoisotopic (exact) mass is 285 g/mol. The standard InChI is InChI=1S/C18H23NO2/c1-17(2)11-13(18(3,4)21-17)16(20)15-10-9-12-7-5-6-8-14(12)19-15/h5-10,13,16,20H,11H2,1-4H3. The molecule has 1 aromatic carbocycles. The van der Waals surface area contributed by atoms with Gasteiger partial charge in [-0.25, -0.2) is 0 Å². The van der Waals surface area contributed by atoms with Gasteiger partial charge in [-0.3, -0.25) is 4.98 Å². The van der Waals surface area contributed by atoms with Crippen LogP contribution in [0.15, 0.2) is 36.4 Å². The zero-order valence-electron chi connectivity index (χ0n) is 13.1. The lowest BCUT2D eigenvalue weighted by molar-refractivity contribution is -0.0883. The van der Waals surface area contributed by atoms with Crippen LogP contribution in [0.5, 0.6) is 0 Å². The van der Waals surface area contributed by atoms with Crippen LogP contribution in [0.25, 0.3) is 10.9 Å². The number of para-hydroxylation sites is 1. The zero-order chi connectivity index (χ0) is 15.3. The fraction of sp³-hybridized carbons (Fsp3) is 0.500. The lowest BCUT2D eigenvalue weighted by Gasteiger charge is -2.30. The molecule has 1 fully saturated rings. The van der Waals surface area contributed by atoms with Crippen molar-refractivity contribution in [2.45, 2.75) is 51.4 Å². The number of fused-ring (bicyclic) bond motifs is 1. The molecular weight excluding hydrogens is 262 g/mol. The summed E-state index contributed by atoms with van der Waals surface area (Å²) in [5, 5.41) is 11.9. The lowest BCUT2D eigenvalue weighted by atomic mass is 9.82. The van der Waals surface area contributed by atoms with E-state index < -0.39 is 6.10 Å². The summed E-state index contributed by atoms with van der Waals surface area (Å²) < 4.78 is 6.09. The first kappa shape index (κ1) is 14.5. The van der Waals surface area contributed by atoms with Gasteiger partial charge < -0.3 is 9.84 Å². The van der Waals surface area contributed by atoms with E-state index in [2.05, 4.69) is 32.7 Å². The van der Waals surface area contributed by atoms with Crippen LogP contribution < -0.4 is 0 Å². The first-order valence-electron chi connectivity index (χ1n) is 7.52. The van der Waals surface area contributed by atoms with E-state index in [1.807, 2.05) is 36.4 Å². The molecule has 0 saturated carbocycles. The maximum absolute atomic E-state index is 10.8. The van der Waals surface area contributed by atoms with Crippen molar-refractivity contribution in [3.63, 3.8) is 0 Å². The summed E-state index contributed by atoms with van der Waals surface area (Å²) in [4.78, 5) is 4.63. The summed E-state index contributed by atoms with van der Waals surface area (Å²) in [6, 6.07) is 11.9. The molecule has 1 aliphatic rings. The molecule has 3 nitrogen and oxygen atoms in total. The molecule has 0 radical (unpaired) electrons. The van der Waals surface area contributed by atoms with Crippen molar-refractivity contribution in [1.82, 2.24) is 4.98 Å². The molecule has 2 heterocycles. The molecule has 3 rings (SSSR count). The summed E-state index contributed by atoms with van der Waals surface area (Å²) >= 11 is 0. The first-order valence-corrected chi connectivity index (χ1v) is 7.52. The third-order valence-electron chi connectivity index (χ3n) is 4.45. The highest BCUT2D eigenvalue weighted by Gasteiger charge is 2.49. The van der Waals surface area contributed by atoms with Crippen LogP contribution >= 0.6 is 0 Å². The number of aliphatic hydroxyl groups excluding tert-OH is 1. The van der Waals surface area contributed by atoms with Crippen LogP contribution in [0.3, 0.4) is 0 Å². The minimum absolute atomic E-state index is 0.0427. The minimum atomic E-state index is -0.605. The largest absolute Gasteiger partial charge is 0.386 e. The Balaban J connectivity index is 1.95. The lowest BCUT2D eigenvalue weighted by Crippen LogP contribution is -2.32. The Labute approximate surface area is 126 Å². The van der Waals surface area contributed by atoms with Gasteiger partial charge in [-0.05, 0) is 46.2 Å². The molecular formula is C18H23NO2. The van der Waals surface area contributed by atoms with Gasteiger partial charge in [0, 0.05) is 11.3 Å². The fourth-order valence-corrected chi connectivity index (χ4v) is 3.55. The number of ether oxygens (including phenoxy) is 1. The highest BCUT2D eigenvalue weighted by Crippen LogP contribution is 2.47. The maximum atomic E-state index is 10.8. The topological polar surface area (TPSA) is 42.4 Å². The number of nitrogens with zero attached hydrogens (tertiary/aromatic N) is 1. The Hall–Kier alpha value is -1.45. The Bertz CT molecular complexity index is 663. The molecule has 1 aromatic heterocycles. The summed E-state index contributed by atoms with van der Waals surface area (Å²) in [5.41, 5.74) is 1.10. The highest BCUT2D eigenvalue weighted by atomic mass is 16.5.